The van der Waals surface area contributed by atoms with Gasteiger partial charge in [-0.2, -0.15) is 8.62 Å². The van der Waals surface area contributed by atoms with E-state index < -0.39 is 42.3 Å². The Morgan fingerprint density at radius 1 is 1.14 bits per heavy atom. The molecule has 4 unspecified atom stereocenters. The van der Waals surface area contributed by atoms with Gasteiger partial charge in [0.1, 0.15) is 20.1 Å². The zero-order valence-corrected chi connectivity index (χ0v) is 13.8. The Morgan fingerprint density at radius 3 is 2.23 bits per heavy atom. The van der Waals surface area contributed by atoms with Crippen LogP contribution in [0.3, 0.4) is 0 Å². The molecule has 0 aromatic rings. The fourth-order valence-electron chi connectivity index (χ4n) is 1.68. The molecule has 0 bridgehead atoms. The number of hydrogen-bond acceptors (Lipinski definition) is 9. The molecule has 0 aromatic heterocycles. The Balaban J connectivity index is 2.59. The van der Waals surface area contributed by atoms with Gasteiger partial charge >= 0.3 is 23.5 Å². The zero-order valence-electron chi connectivity index (χ0n) is 11.1. The van der Waals surface area contributed by atoms with E-state index in [0.29, 0.717) is 6.42 Å². The molecule has 0 aromatic carbocycles. The van der Waals surface area contributed by atoms with Crippen molar-refractivity contribution in [1.29, 1.82) is 0 Å². The van der Waals surface area contributed by atoms with E-state index in [2.05, 4.69) is 18.0 Å². The summed E-state index contributed by atoms with van der Waals surface area (Å²) in [5, 5.41) is 0. The summed E-state index contributed by atoms with van der Waals surface area (Å²) in [6.07, 6.45) is -1.09. The number of rotatable bonds is 8. The summed E-state index contributed by atoms with van der Waals surface area (Å²) in [6, 6.07) is -0.261. The minimum absolute atomic E-state index is 0.261. The van der Waals surface area contributed by atoms with Gasteiger partial charge in [-0.15, -0.1) is 0 Å². The molecular weight excluding hydrogens is 370 g/mol. The molecule has 1 rings (SSSR count). The fourth-order valence-corrected chi connectivity index (χ4v) is 4.71. The van der Waals surface area contributed by atoms with Crippen LogP contribution in [0.5, 0.6) is 0 Å². The van der Waals surface area contributed by atoms with Gasteiger partial charge < -0.3 is 24.3 Å². The third kappa shape index (κ3) is 7.28. The first-order chi connectivity index (χ1) is 9.84. The lowest BCUT2D eigenvalue weighted by molar-refractivity contribution is -0.0375. The number of ether oxygens (including phenoxy) is 1. The normalized spacial score (nSPS) is 31.6. The summed E-state index contributed by atoms with van der Waals surface area (Å²) in [6.45, 7) is -0.587. The summed E-state index contributed by atoms with van der Waals surface area (Å²) in [5.41, 5.74) is 0. The molecule has 17 heteroatoms. The molecule has 1 saturated heterocycles. The first-order valence-corrected chi connectivity index (χ1v) is 10.1. The average molecular weight is 385 g/mol. The van der Waals surface area contributed by atoms with Crippen molar-refractivity contribution < 1.29 is 56.0 Å². The maximum Gasteiger partial charge on any atom is 0.490 e. The lowest BCUT2D eigenvalue weighted by Gasteiger charge is -2.20. The average Bonchev–Trinajstić information content (AvgIpc) is 2.62. The van der Waals surface area contributed by atoms with Crippen LogP contribution in [-0.2, 0) is 36.4 Å². The maximum atomic E-state index is 11.5. The molecule has 0 saturated carbocycles. The minimum atomic E-state index is -5.53. The number of hydrogen-bond donors (Lipinski definition) is 5. The highest BCUT2D eigenvalue weighted by atomic mass is 31.3. The van der Waals surface area contributed by atoms with Crippen molar-refractivity contribution in [3.8, 4) is 0 Å². The van der Waals surface area contributed by atoms with E-state index in [9.17, 15) is 18.6 Å². The number of nitrogens with two attached hydrogens (primary N) is 1. The standard InChI is InChI=1S/C5H15BNO12P3/c6-5-1-3(17-7)4(16-5)2-15-21(11,12)19-22(13,14)18-20(8,9)10/h3-5H,1-2,6-7H2,(H,11,12)(H,13,14)(H2,8,9,10)/t3?,4-,5?/m1/s1. The predicted octanol–water partition coefficient (Wildman–Crippen LogP) is -1.66. The summed E-state index contributed by atoms with van der Waals surface area (Å²) in [7, 11) is -14.4. The van der Waals surface area contributed by atoms with Gasteiger partial charge in [-0.05, 0) is 6.42 Å². The van der Waals surface area contributed by atoms with Gasteiger partial charge in [0.05, 0.1) is 6.61 Å². The molecule has 6 N–H and O–H groups in total. The molecule has 0 spiro atoms. The SMILES string of the molecule is BC1CC(ON)[C@@H](COP(=O)(O)OP(=O)(O)OP(=O)(O)O)O1. The highest BCUT2D eigenvalue weighted by molar-refractivity contribution is 7.66. The lowest BCUT2D eigenvalue weighted by Crippen LogP contribution is -2.31. The summed E-state index contributed by atoms with van der Waals surface area (Å²) >= 11 is 0. The van der Waals surface area contributed by atoms with E-state index in [-0.39, 0.29) is 6.00 Å². The van der Waals surface area contributed by atoms with E-state index in [1.54, 1.807) is 7.85 Å². The Labute approximate surface area is 125 Å². The molecule has 13 nitrogen and oxygen atoms in total. The molecule has 130 valence electrons. The maximum absolute atomic E-state index is 11.5. The highest BCUT2D eigenvalue weighted by Crippen LogP contribution is 2.66. The van der Waals surface area contributed by atoms with Gasteiger partial charge in [-0.3, -0.25) is 9.36 Å². The number of phosphoric acid groups is 3. The van der Waals surface area contributed by atoms with Gasteiger partial charge in [0.15, 0.2) is 0 Å². The Bertz CT molecular complexity index is 523. The van der Waals surface area contributed by atoms with Gasteiger partial charge in [-0.25, -0.2) is 19.6 Å². The zero-order chi connectivity index (χ0) is 17.2. The van der Waals surface area contributed by atoms with Gasteiger partial charge in [-0.1, -0.05) is 0 Å². The monoisotopic (exact) mass is 385 g/mol. The highest BCUT2D eigenvalue weighted by Gasteiger charge is 2.42. The van der Waals surface area contributed by atoms with Gasteiger partial charge in [0.2, 0.25) is 0 Å². The van der Waals surface area contributed by atoms with E-state index in [1.807, 2.05) is 0 Å². The quantitative estimate of drug-likeness (QED) is 0.180. The van der Waals surface area contributed by atoms with Crippen molar-refractivity contribution in [2.45, 2.75) is 24.6 Å². The van der Waals surface area contributed by atoms with Crippen LogP contribution in [-0.4, -0.2) is 52.2 Å². The molecule has 5 atom stereocenters. The van der Waals surface area contributed by atoms with Gasteiger partial charge in [0, 0.05) is 6.00 Å². The molecule has 0 amide bonds. The largest absolute Gasteiger partial charge is 0.490 e. The van der Waals surface area contributed by atoms with Crippen LogP contribution < -0.4 is 5.90 Å². The van der Waals surface area contributed by atoms with Crippen LogP contribution in [0.1, 0.15) is 6.42 Å². The van der Waals surface area contributed by atoms with E-state index in [1.165, 1.54) is 0 Å². The molecule has 1 aliphatic heterocycles. The second-order valence-electron chi connectivity index (χ2n) is 4.28. The van der Waals surface area contributed by atoms with E-state index >= 15 is 0 Å². The molecule has 0 aliphatic carbocycles. The van der Waals surface area contributed by atoms with Crippen LogP contribution in [0.2, 0.25) is 0 Å². The van der Waals surface area contributed by atoms with Crippen LogP contribution in [0.25, 0.3) is 0 Å². The summed E-state index contributed by atoms with van der Waals surface area (Å²) in [5.74, 6) is 5.01. The number of phosphoric ester groups is 1. The van der Waals surface area contributed by atoms with Crippen LogP contribution in [0.15, 0.2) is 0 Å². The summed E-state index contributed by atoms with van der Waals surface area (Å²) in [4.78, 5) is 39.5. The van der Waals surface area contributed by atoms with Crippen molar-refractivity contribution in [3.63, 3.8) is 0 Å². The third-order valence-electron chi connectivity index (χ3n) is 2.38. The second-order valence-corrected chi connectivity index (χ2v) is 8.70. The Hall–Kier alpha value is 0.355. The first kappa shape index (κ1) is 20.4. The van der Waals surface area contributed by atoms with E-state index in [4.69, 9.17) is 25.3 Å². The third-order valence-corrected chi connectivity index (χ3v) is 6.18. The van der Waals surface area contributed by atoms with Gasteiger partial charge in [0.25, 0.3) is 0 Å². The van der Waals surface area contributed by atoms with Crippen molar-refractivity contribution in [2.75, 3.05) is 6.61 Å². The lowest BCUT2D eigenvalue weighted by atomic mass is 9.96. The van der Waals surface area contributed by atoms with Crippen molar-refractivity contribution in [2.24, 2.45) is 5.90 Å². The van der Waals surface area contributed by atoms with Crippen molar-refractivity contribution in [1.82, 2.24) is 0 Å². The van der Waals surface area contributed by atoms with Crippen molar-refractivity contribution >= 4 is 31.3 Å². The molecule has 0 radical (unpaired) electrons. The molecule has 1 fully saturated rings. The van der Waals surface area contributed by atoms with Crippen molar-refractivity contribution in [3.05, 3.63) is 0 Å². The topological polar surface area (TPSA) is 204 Å². The smallest absolute Gasteiger partial charge is 0.379 e. The van der Waals surface area contributed by atoms with Crippen LogP contribution >= 0.6 is 23.5 Å². The molecule has 1 aliphatic rings. The van der Waals surface area contributed by atoms with Crippen LogP contribution in [0, 0.1) is 0 Å². The second kappa shape index (κ2) is 7.50. The fraction of sp³-hybridized carbons (Fsp3) is 1.00. The Kier molecular flexibility index (Phi) is 6.95. The van der Waals surface area contributed by atoms with E-state index in [0.717, 1.165) is 0 Å². The predicted molar refractivity (Wildman–Crippen MR) is 70.7 cm³/mol. The molecule has 1 heterocycles. The molecule has 22 heavy (non-hydrogen) atoms. The first-order valence-electron chi connectivity index (χ1n) is 5.63. The summed E-state index contributed by atoms with van der Waals surface area (Å²) < 4.78 is 49.8. The Morgan fingerprint density at radius 2 is 1.73 bits per heavy atom. The van der Waals surface area contributed by atoms with Crippen LogP contribution in [0.4, 0.5) is 0 Å². The molecular formula is C5H15BNO12P3. The minimum Gasteiger partial charge on any atom is -0.379 e.